The van der Waals surface area contributed by atoms with Crippen LogP contribution in [0, 0.1) is 16.0 Å². The third kappa shape index (κ3) is 5.88. The molecule has 3 aromatic carbocycles. The number of hydrogen-bond donors (Lipinski definition) is 1. The highest BCUT2D eigenvalue weighted by Crippen LogP contribution is 2.38. The maximum Gasteiger partial charge on any atom is 0.309 e. The summed E-state index contributed by atoms with van der Waals surface area (Å²) in [6, 6.07) is 21.7. The topological polar surface area (TPSA) is 114 Å². The summed E-state index contributed by atoms with van der Waals surface area (Å²) in [5.74, 6) is -1.16. The van der Waals surface area contributed by atoms with Gasteiger partial charge >= 0.3 is 5.97 Å². The number of esters is 1. The van der Waals surface area contributed by atoms with Crippen molar-refractivity contribution < 1.29 is 19.2 Å². The second-order valence-electron chi connectivity index (χ2n) is 9.78. The minimum Gasteiger partial charge on any atom is -0.466 e. The zero-order valence-electron chi connectivity index (χ0n) is 21.7. The molecular formula is C30H30N4O5. The molecule has 2 aliphatic heterocycles. The van der Waals surface area contributed by atoms with Gasteiger partial charge in [0, 0.05) is 29.9 Å². The van der Waals surface area contributed by atoms with E-state index in [0.717, 1.165) is 43.6 Å². The maximum absolute atomic E-state index is 13.1. The van der Waals surface area contributed by atoms with Gasteiger partial charge in [0.25, 0.3) is 5.69 Å². The molecule has 2 aliphatic rings. The number of rotatable bonds is 8. The standard InChI is InChI=1S/C30H30N4O5/c1-2-39-30(36)22-14-16-33(17-15-22)19-20-8-10-23(11-9-20)31-28(21-6-4-3-5-7-21)27-25-18-24(34(37)38)12-13-26(25)32-29(27)35/h3-13,18,22,27H,2,14-17,19H2,1H3,(H,32,35). The average molecular weight is 527 g/mol. The van der Waals surface area contributed by atoms with Crippen molar-refractivity contribution in [3.63, 3.8) is 0 Å². The van der Waals surface area contributed by atoms with Crippen molar-refractivity contribution in [2.75, 3.05) is 25.0 Å². The van der Waals surface area contributed by atoms with Crippen molar-refractivity contribution in [1.82, 2.24) is 4.90 Å². The van der Waals surface area contributed by atoms with Crippen LogP contribution in [-0.4, -0.2) is 47.1 Å². The van der Waals surface area contributed by atoms with Crippen LogP contribution in [-0.2, 0) is 20.9 Å². The molecule has 1 atom stereocenters. The Balaban J connectivity index is 1.37. The molecule has 3 aromatic rings. The van der Waals surface area contributed by atoms with Gasteiger partial charge in [-0.15, -0.1) is 0 Å². The van der Waals surface area contributed by atoms with Crippen molar-refractivity contribution in [3.8, 4) is 0 Å². The number of piperidine rings is 1. The lowest BCUT2D eigenvalue weighted by atomic mass is 9.90. The summed E-state index contributed by atoms with van der Waals surface area (Å²) < 4.78 is 5.17. The third-order valence-corrected chi connectivity index (χ3v) is 7.22. The fourth-order valence-corrected chi connectivity index (χ4v) is 5.20. The number of hydrogen-bond acceptors (Lipinski definition) is 7. The lowest BCUT2D eigenvalue weighted by Gasteiger charge is -2.30. The Bertz CT molecular complexity index is 1400. The van der Waals surface area contributed by atoms with Gasteiger partial charge in [0.2, 0.25) is 5.91 Å². The van der Waals surface area contributed by atoms with E-state index >= 15 is 0 Å². The molecule has 1 amide bonds. The normalized spacial score (nSPS) is 17.9. The first-order valence-corrected chi connectivity index (χ1v) is 13.1. The van der Waals surface area contributed by atoms with E-state index in [9.17, 15) is 19.7 Å². The van der Waals surface area contributed by atoms with Gasteiger partial charge in [-0.05, 0) is 62.2 Å². The molecule has 0 bridgehead atoms. The molecule has 9 nitrogen and oxygen atoms in total. The van der Waals surface area contributed by atoms with Crippen LogP contribution in [0.25, 0.3) is 0 Å². The van der Waals surface area contributed by atoms with Crippen LogP contribution >= 0.6 is 0 Å². The smallest absolute Gasteiger partial charge is 0.309 e. The highest BCUT2D eigenvalue weighted by molar-refractivity contribution is 6.24. The molecule has 200 valence electrons. The highest BCUT2D eigenvalue weighted by Gasteiger charge is 2.36. The number of nitro benzene ring substituents is 1. The number of amides is 1. The van der Waals surface area contributed by atoms with Gasteiger partial charge < -0.3 is 10.1 Å². The predicted molar refractivity (Wildman–Crippen MR) is 148 cm³/mol. The van der Waals surface area contributed by atoms with E-state index in [1.807, 2.05) is 61.5 Å². The van der Waals surface area contributed by atoms with Crippen LogP contribution in [0.15, 0.2) is 77.8 Å². The Morgan fingerprint density at radius 1 is 1.08 bits per heavy atom. The van der Waals surface area contributed by atoms with Crippen LogP contribution in [0.4, 0.5) is 17.1 Å². The molecule has 1 unspecified atom stereocenters. The summed E-state index contributed by atoms with van der Waals surface area (Å²) >= 11 is 0. The van der Waals surface area contributed by atoms with E-state index in [0.29, 0.717) is 29.3 Å². The summed E-state index contributed by atoms with van der Waals surface area (Å²) in [6.07, 6.45) is 1.59. The number of fused-ring (bicyclic) bond motifs is 1. The van der Waals surface area contributed by atoms with Crippen molar-refractivity contribution in [3.05, 3.63) is 99.6 Å². The summed E-state index contributed by atoms with van der Waals surface area (Å²) in [6.45, 7) is 4.69. The van der Waals surface area contributed by atoms with E-state index < -0.39 is 10.8 Å². The predicted octanol–water partition coefficient (Wildman–Crippen LogP) is 5.23. The minimum absolute atomic E-state index is 0.0197. The fraction of sp³-hybridized carbons (Fsp3) is 0.300. The molecule has 5 rings (SSSR count). The number of nitro groups is 1. The van der Waals surface area contributed by atoms with Crippen LogP contribution in [0.5, 0.6) is 0 Å². The van der Waals surface area contributed by atoms with E-state index in [-0.39, 0.29) is 23.5 Å². The van der Waals surface area contributed by atoms with Crippen LogP contribution < -0.4 is 5.32 Å². The first-order valence-electron chi connectivity index (χ1n) is 13.1. The van der Waals surface area contributed by atoms with Gasteiger partial charge in [0.1, 0.15) is 5.92 Å². The zero-order valence-corrected chi connectivity index (χ0v) is 21.7. The molecule has 0 saturated carbocycles. The molecule has 2 heterocycles. The van der Waals surface area contributed by atoms with Gasteiger partial charge in [0.05, 0.1) is 28.8 Å². The van der Waals surface area contributed by atoms with Gasteiger partial charge in [-0.25, -0.2) is 0 Å². The maximum atomic E-state index is 13.1. The molecule has 0 aliphatic carbocycles. The molecule has 39 heavy (non-hydrogen) atoms. The molecule has 1 N–H and O–H groups in total. The fourth-order valence-electron chi connectivity index (χ4n) is 5.20. The number of nitrogens with one attached hydrogen (secondary N) is 1. The van der Waals surface area contributed by atoms with Gasteiger partial charge in [-0.3, -0.25) is 29.6 Å². The van der Waals surface area contributed by atoms with Crippen molar-refractivity contribution in [1.29, 1.82) is 0 Å². The Kier molecular flexibility index (Phi) is 7.79. The number of nitrogens with zero attached hydrogens (tertiary/aromatic N) is 3. The van der Waals surface area contributed by atoms with E-state index in [4.69, 9.17) is 9.73 Å². The molecule has 0 spiro atoms. The summed E-state index contributed by atoms with van der Waals surface area (Å²) in [4.78, 5) is 43.3. The van der Waals surface area contributed by atoms with Crippen molar-refractivity contribution >= 4 is 34.7 Å². The number of non-ortho nitro benzene ring substituents is 1. The van der Waals surface area contributed by atoms with Gasteiger partial charge in [0.15, 0.2) is 0 Å². The molecular weight excluding hydrogens is 496 g/mol. The Labute approximate surface area is 226 Å². The number of aliphatic imine (C=N–C) groups is 1. The monoisotopic (exact) mass is 526 g/mol. The Morgan fingerprint density at radius 2 is 1.79 bits per heavy atom. The van der Waals surface area contributed by atoms with Crippen molar-refractivity contribution in [2.24, 2.45) is 10.9 Å². The lowest BCUT2D eigenvalue weighted by molar-refractivity contribution is -0.384. The molecule has 0 radical (unpaired) electrons. The van der Waals surface area contributed by atoms with E-state index in [2.05, 4.69) is 10.2 Å². The van der Waals surface area contributed by atoms with E-state index in [1.165, 1.54) is 12.1 Å². The minimum atomic E-state index is -0.775. The Morgan fingerprint density at radius 3 is 2.46 bits per heavy atom. The average Bonchev–Trinajstić information content (AvgIpc) is 3.28. The summed E-state index contributed by atoms with van der Waals surface area (Å²) in [7, 11) is 0. The number of ether oxygens (including phenoxy) is 1. The lowest BCUT2D eigenvalue weighted by Crippen LogP contribution is -2.36. The molecule has 1 fully saturated rings. The van der Waals surface area contributed by atoms with Crippen molar-refractivity contribution in [2.45, 2.75) is 32.2 Å². The molecule has 1 saturated heterocycles. The molecule has 9 heteroatoms. The number of benzene rings is 3. The highest BCUT2D eigenvalue weighted by atomic mass is 16.6. The van der Waals surface area contributed by atoms with Gasteiger partial charge in [-0.1, -0.05) is 42.5 Å². The van der Waals surface area contributed by atoms with Gasteiger partial charge in [-0.2, -0.15) is 0 Å². The third-order valence-electron chi connectivity index (χ3n) is 7.22. The molecule has 0 aromatic heterocycles. The first-order chi connectivity index (χ1) is 18.9. The Hall–Kier alpha value is -4.37. The quantitative estimate of drug-likeness (QED) is 0.186. The zero-order chi connectivity index (χ0) is 27.4. The number of carbonyl (C=O) groups is 2. The van der Waals surface area contributed by atoms with Crippen LogP contribution in [0.3, 0.4) is 0 Å². The van der Waals surface area contributed by atoms with Crippen LogP contribution in [0.2, 0.25) is 0 Å². The number of carbonyl (C=O) groups excluding carboxylic acids is 2. The summed E-state index contributed by atoms with van der Waals surface area (Å²) in [5, 5.41) is 14.3. The van der Waals surface area contributed by atoms with E-state index in [1.54, 1.807) is 6.07 Å². The summed E-state index contributed by atoms with van der Waals surface area (Å²) in [5.41, 5.74) is 4.14. The second kappa shape index (κ2) is 11.6. The largest absolute Gasteiger partial charge is 0.466 e. The first kappa shape index (κ1) is 26.2. The number of anilines is 1. The second-order valence-corrected chi connectivity index (χ2v) is 9.78. The number of likely N-dealkylation sites (tertiary alicyclic amines) is 1. The SMILES string of the molecule is CCOC(=O)C1CCN(Cc2ccc(N=C(c3ccccc3)C3C(=O)Nc4ccc([N+](=O)[O-])cc43)cc2)CC1. The van der Waals surface area contributed by atoms with Crippen LogP contribution in [0.1, 0.15) is 42.4 Å².